The van der Waals surface area contributed by atoms with Crippen molar-refractivity contribution in [2.45, 2.75) is 19.5 Å². The second kappa shape index (κ2) is 7.23. The Bertz CT molecular complexity index is 1060. The Morgan fingerprint density at radius 1 is 1.03 bits per heavy atom. The quantitative estimate of drug-likeness (QED) is 0.661. The number of halogens is 4. The van der Waals surface area contributed by atoms with Crippen molar-refractivity contribution in [3.8, 4) is 0 Å². The predicted molar refractivity (Wildman–Crippen MR) is 98.7 cm³/mol. The zero-order valence-corrected chi connectivity index (χ0v) is 15.3. The third-order valence-corrected chi connectivity index (χ3v) is 4.71. The Hall–Kier alpha value is -3.36. The van der Waals surface area contributed by atoms with Crippen molar-refractivity contribution in [1.82, 2.24) is 9.78 Å². The first-order chi connectivity index (χ1) is 13.8. The Kier molecular flexibility index (Phi) is 4.73. The maximum Gasteiger partial charge on any atom is 0.276 e. The Morgan fingerprint density at radius 2 is 1.69 bits per heavy atom. The summed E-state index contributed by atoms with van der Waals surface area (Å²) in [5.74, 6) is -3.84. The second-order valence-corrected chi connectivity index (χ2v) is 6.80. The monoisotopic (exact) mass is 404 g/mol. The molecular formula is C20H16F4N4O. The number of nitrogens with one attached hydrogen (secondary N) is 1. The summed E-state index contributed by atoms with van der Waals surface area (Å²) in [6.07, 6.45) is 0. The van der Waals surface area contributed by atoms with Crippen molar-refractivity contribution in [3.63, 3.8) is 0 Å². The van der Waals surface area contributed by atoms with Crippen LogP contribution in [0.1, 0.15) is 29.1 Å². The molecule has 0 saturated carbocycles. The van der Waals surface area contributed by atoms with Gasteiger partial charge in [-0.15, -0.1) is 0 Å². The van der Waals surface area contributed by atoms with Gasteiger partial charge in [0.25, 0.3) is 5.91 Å². The zero-order chi connectivity index (χ0) is 20.7. The first kappa shape index (κ1) is 19.0. The molecular weight excluding hydrogens is 388 g/mol. The van der Waals surface area contributed by atoms with Crippen molar-refractivity contribution >= 4 is 17.3 Å². The van der Waals surface area contributed by atoms with Gasteiger partial charge in [0.05, 0.1) is 18.3 Å². The van der Waals surface area contributed by atoms with E-state index in [1.807, 2.05) is 6.92 Å². The highest BCUT2D eigenvalue weighted by Gasteiger charge is 2.31. The number of carbonyl (C=O) groups is 1. The topological polar surface area (TPSA) is 50.2 Å². The van der Waals surface area contributed by atoms with Gasteiger partial charge in [0.15, 0.2) is 11.6 Å². The normalized spacial score (nSPS) is 16.1. The predicted octanol–water partition coefficient (Wildman–Crippen LogP) is 4.27. The van der Waals surface area contributed by atoms with Crippen LogP contribution in [0.2, 0.25) is 0 Å². The fraction of sp³-hybridized carbons (Fsp3) is 0.200. The number of anilines is 2. The maximum atomic E-state index is 13.8. The van der Waals surface area contributed by atoms with Crippen LogP contribution in [-0.4, -0.2) is 22.2 Å². The van der Waals surface area contributed by atoms with Crippen molar-refractivity contribution in [2.24, 2.45) is 0 Å². The number of nitrogens with zero attached hydrogens (tertiary/aromatic N) is 3. The number of benzene rings is 2. The average molecular weight is 404 g/mol. The first-order valence-corrected chi connectivity index (χ1v) is 8.88. The average Bonchev–Trinajstić information content (AvgIpc) is 3.10. The molecule has 4 rings (SSSR count). The summed E-state index contributed by atoms with van der Waals surface area (Å²) >= 11 is 0. The van der Waals surface area contributed by atoms with Crippen molar-refractivity contribution in [2.75, 3.05) is 16.8 Å². The fourth-order valence-electron chi connectivity index (χ4n) is 3.32. The molecule has 1 aliphatic heterocycles. The molecule has 0 fully saturated rings. The van der Waals surface area contributed by atoms with Crippen LogP contribution >= 0.6 is 0 Å². The van der Waals surface area contributed by atoms with E-state index in [1.165, 1.54) is 35.2 Å². The van der Waals surface area contributed by atoms with Gasteiger partial charge in [-0.3, -0.25) is 9.48 Å². The lowest BCUT2D eigenvalue weighted by molar-refractivity contribution is 0.0953. The molecule has 1 amide bonds. The van der Waals surface area contributed by atoms with E-state index >= 15 is 0 Å². The van der Waals surface area contributed by atoms with Crippen LogP contribution < -0.4 is 10.2 Å². The highest BCUT2D eigenvalue weighted by atomic mass is 19.1. The van der Waals surface area contributed by atoms with Crippen LogP contribution in [0, 0.1) is 23.3 Å². The van der Waals surface area contributed by atoms with Gasteiger partial charge >= 0.3 is 0 Å². The largest absolute Gasteiger partial charge is 0.375 e. The zero-order valence-electron chi connectivity index (χ0n) is 15.3. The van der Waals surface area contributed by atoms with E-state index in [9.17, 15) is 22.4 Å². The first-order valence-electron chi connectivity index (χ1n) is 8.88. The van der Waals surface area contributed by atoms with Gasteiger partial charge < -0.3 is 10.2 Å². The highest BCUT2D eigenvalue weighted by Crippen LogP contribution is 2.27. The van der Waals surface area contributed by atoms with Crippen LogP contribution in [0.5, 0.6) is 0 Å². The second-order valence-electron chi connectivity index (χ2n) is 6.80. The molecule has 3 aromatic rings. The molecule has 1 aromatic heterocycles. The molecule has 0 bridgehead atoms. The molecule has 0 radical (unpaired) electrons. The highest BCUT2D eigenvalue weighted by molar-refractivity contribution is 6.05. The number of carbonyl (C=O) groups excluding carboxylic acids is 1. The summed E-state index contributed by atoms with van der Waals surface area (Å²) in [6, 6.07) is 8.12. The molecule has 2 aromatic carbocycles. The molecule has 1 N–H and O–H groups in total. The standard InChI is InChI=1S/C20H16F4N4O/c1-11-10-27(15-4-2-12(21)3-5-15)20(29)18-8-14(26-28(11)18)9-25-19-16(23)6-13(22)7-17(19)24/h2-8,11,25H,9-10H2,1H3/t11-/m0/s1. The number of fused-ring (bicyclic) bond motifs is 1. The lowest BCUT2D eigenvalue weighted by Crippen LogP contribution is -2.42. The molecule has 1 aliphatic rings. The van der Waals surface area contributed by atoms with Crippen molar-refractivity contribution in [1.29, 1.82) is 0 Å². The summed E-state index contributed by atoms with van der Waals surface area (Å²) in [4.78, 5) is 14.4. The molecule has 5 nitrogen and oxygen atoms in total. The van der Waals surface area contributed by atoms with E-state index < -0.39 is 29.0 Å². The van der Waals surface area contributed by atoms with Gasteiger partial charge in [-0.05, 0) is 37.3 Å². The molecule has 0 unspecified atom stereocenters. The molecule has 0 aliphatic carbocycles. The van der Waals surface area contributed by atoms with Crippen LogP contribution in [0.25, 0.3) is 0 Å². The van der Waals surface area contributed by atoms with E-state index in [0.29, 0.717) is 35.8 Å². The van der Waals surface area contributed by atoms with Crippen LogP contribution in [-0.2, 0) is 6.54 Å². The third kappa shape index (κ3) is 3.55. The summed E-state index contributed by atoms with van der Waals surface area (Å²) in [5, 5.41) is 6.90. The van der Waals surface area contributed by atoms with Gasteiger partial charge in [0.2, 0.25) is 0 Å². The smallest absolute Gasteiger partial charge is 0.276 e. The molecule has 1 atom stereocenters. The number of rotatable bonds is 4. The molecule has 150 valence electrons. The minimum absolute atomic E-state index is 0.0595. The maximum absolute atomic E-state index is 13.8. The van der Waals surface area contributed by atoms with E-state index in [0.717, 1.165) is 0 Å². The lowest BCUT2D eigenvalue weighted by Gasteiger charge is -2.31. The number of amides is 1. The molecule has 9 heteroatoms. The summed E-state index contributed by atoms with van der Waals surface area (Å²) < 4.78 is 55.3. The van der Waals surface area contributed by atoms with E-state index in [2.05, 4.69) is 10.4 Å². The van der Waals surface area contributed by atoms with Crippen LogP contribution in [0.15, 0.2) is 42.5 Å². The number of aromatic nitrogens is 2. The molecule has 0 saturated heterocycles. The fourth-order valence-corrected chi connectivity index (χ4v) is 3.32. The molecule has 0 spiro atoms. The van der Waals surface area contributed by atoms with E-state index in [-0.39, 0.29) is 18.5 Å². The van der Waals surface area contributed by atoms with Crippen molar-refractivity contribution in [3.05, 3.63) is 77.1 Å². The molecule has 2 heterocycles. The van der Waals surface area contributed by atoms with Gasteiger partial charge in [-0.2, -0.15) is 5.10 Å². The Labute approximate surface area is 163 Å². The number of hydrogen-bond donors (Lipinski definition) is 1. The summed E-state index contributed by atoms with van der Waals surface area (Å²) in [7, 11) is 0. The molecule has 29 heavy (non-hydrogen) atoms. The Balaban J connectivity index is 1.57. The third-order valence-electron chi connectivity index (χ3n) is 4.71. The van der Waals surface area contributed by atoms with Gasteiger partial charge in [-0.25, -0.2) is 17.6 Å². The van der Waals surface area contributed by atoms with E-state index in [1.54, 1.807) is 4.68 Å². The summed E-state index contributed by atoms with van der Waals surface area (Å²) in [5.41, 5.74) is 0.796. The van der Waals surface area contributed by atoms with Gasteiger partial charge in [-0.1, -0.05) is 0 Å². The van der Waals surface area contributed by atoms with Crippen molar-refractivity contribution < 1.29 is 22.4 Å². The van der Waals surface area contributed by atoms with Gasteiger partial charge in [0.1, 0.15) is 23.0 Å². The summed E-state index contributed by atoms with van der Waals surface area (Å²) in [6.45, 7) is 2.15. The SMILES string of the molecule is C[C@H]1CN(c2ccc(F)cc2)C(=O)c2cc(CNc3c(F)cc(F)cc3F)nn21. The Morgan fingerprint density at radius 3 is 2.34 bits per heavy atom. The van der Waals surface area contributed by atoms with Crippen LogP contribution in [0.3, 0.4) is 0 Å². The van der Waals surface area contributed by atoms with Crippen LogP contribution in [0.4, 0.5) is 28.9 Å². The van der Waals surface area contributed by atoms with Gasteiger partial charge in [0, 0.05) is 24.4 Å². The number of hydrogen-bond acceptors (Lipinski definition) is 3. The minimum atomic E-state index is -1.06. The minimum Gasteiger partial charge on any atom is -0.375 e. The van der Waals surface area contributed by atoms with E-state index in [4.69, 9.17) is 0 Å². The lowest BCUT2D eigenvalue weighted by atomic mass is 10.1.